The van der Waals surface area contributed by atoms with E-state index in [4.69, 9.17) is 4.74 Å². The molecule has 9 heteroatoms. The van der Waals surface area contributed by atoms with E-state index in [9.17, 15) is 18.4 Å². The van der Waals surface area contributed by atoms with Gasteiger partial charge in [0.05, 0.1) is 11.7 Å². The van der Waals surface area contributed by atoms with Gasteiger partial charge >= 0.3 is 6.09 Å². The molecule has 1 atom stereocenters. The summed E-state index contributed by atoms with van der Waals surface area (Å²) in [5.41, 5.74) is 0.694. The van der Waals surface area contributed by atoms with Crippen LogP contribution in [-0.2, 0) is 4.74 Å². The molecule has 2 aromatic rings. The number of nitrogens with zero attached hydrogens (tertiary/aromatic N) is 4. The third-order valence-corrected chi connectivity index (χ3v) is 6.31. The average molecular weight is 442 g/mol. The minimum Gasteiger partial charge on any atom is -0.447 e. The van der Waals surface area contributed by atoms with E-state index >= 15 is 0 Å². The van der Waals surface area contributed by atoms with Crippen LogP contribution in [0.5, 0.6) is 0 Å². The van der Waals surface area contributed by atoms with Gasteiger partial charge in [0, 0.05) is 32.4 Å². The van der Waals surface area contributed by atoms with Crippen molar-refractivity contribution in [2.45, 2.75) is 31.7 Å². The maximum absolute atomic E-state index is 14.8. The molecule has 1 aliphatic carbocycles. The van der Waals surface area contributed by atoms with Crippen molar-refractivity contribution in [3.05, 3.63) is 53.2 Å². The van der Waals surface area contributed by atoms with Gasteiger partial charge < -0.3 is 14.5 Å². The van der Waals surface area contributed by atoms with Gasteiger partial charge in [-0.3, -0.25) is 9.69 Å². The van der Waals surface area contributed by atoms with Crippen molar-refractivity contribution in [2.75, 3.05) is 42.6 Å². The van der Waals surface area contributed by atoms with E-state index in [1.165, 1.54) is 28.2 Å². The van der Waals surface area contributed by atoms with Crippen molar-refractivity contribution in [2.24, 2.45) is 0 Å². The first kappa shape index (κ1) is 20.7. The molecule has 0 bridgehead atoms. The number of rotatable bonds is 4. The van der Waals surface area contributed by atoms with Gasteiger partial charge in [-0.05, 0) is 49.4 Å². The topological polar surface area (TPSA) is 66.0 Å². The van der Waals surface area contributed by atoms with Crippen LogP contribution in [0, 0.1) is 11.6 Å². The van der Waals surface area contributed by atoms with Gasteiger partial charge in [0.1, 0.15) is 29.6 Å². The Labute approximate surface area is 184 Å². The summed E-state index contributed by atoms with van der Waals surface area (Å²) in [7, 11) is 0. The van der Waals surface area contributed by atoms with Crippen molar-refractivity contribution in [3.8, 4) is 0 Å². The van der Waals surface area contributed by atoms with Crippen LogP contribution in [0.2, 0.25) is 0 Å². The second-order valence-electron chi connectivity index (χ2n) is 8.58. The van der Waals surface area contributed by atoms with E-state index in [0.717, 1.165) is 18.0 Å². The number of ether oxygens (including phenoxy) is 1. The smallest absolute Gasteiger partial charge is 0.414 e. The number of piperazine rings is 1. The van der Waals surface area contributed by atoms with Crippen LogP contribution in [0.1, 0.15) is 41.6 Å². The van der Waals surface area contributed by atoms with Crippen LogP contribution in [0.15, 0.2) is 30.5 Å². The van der Waals surface area contributed by atoms with Crippen molar-refractivity contribution < 1.29 is 23.1 Å². The Morgan fingerprint density at radius 2 is 1.78 bits per heavy atom. The fourth-order valence-electron chi connectivity index (χ4n) is 4.32. The molecular formula is C23H24F2N4O3. The summed E-state index contributed by atoms with van der Waals surface area (Å²) in [5.74, 6) is -1.19. The number of aromatic nitrogens is 1. The molecule has 1 saturated carbocycles. The van der Waals surface area contributed by atoms with Crippen LogP contribution >= 0.6 is 0 Å². The average Bonchev–Trinajstić information content (AvgIpc) is 3.58. The Morgan fingerprint density at radius 3 is 2.31 bits per heavy atom. The molecule has 0 unspecified atom stereocenters. The van der Waals surface area contributed by atoms with E-state index in [1.54, 1.807) is 6.92 Å². The summed E-state index contributed by atoms with van der Waals surface area (Å²) in [4.78, 5) is 34.0. The molecule has 0 radical (unpaired) electrons. The van der Waals surface area contributed by atoms with Crippen LogP contribution in [0.25, 0.3) is 0 Å². The number of pyridine rings is 1. The van der Waals surface area contributed by atoms with Gasteiger partial charge in [-0.1, -0.05) is 6.07 Å². The molecular weight excluding hydrogens is 418 g/mol. The SMILES string of the molecule is C[C@@H]1COC(=O)N1c1cc(F)c(C(=O)N2CCN(c3ccc(C4CC4)cn3)CC2)c(F)c1. The lowest BCUT2D eigenvalue weighted by Gasteiger charge is -2.35. The molecule has 32 heavy (non-hydrogen) atoms. The monoisotopic (exact) mass is 442 g/mol. The summed E-state index contributed by atoms with van der Waals surface area (Å²) in [5, 5.41) is 0. The lowest BCUT2D eigenvalue weighted by atomic mass is 10.1. The van der Waals surface area contributed by atoms with E-state index in [1.807, 2.05) is 12.3 Å². The van der Waals surface area contributed by atoms with Crippen LogP contribution in [0.3, 0.4) is 0 Å². The molecule has 7 nitrogen and oxygen atoms in total. The van der Waals surface area contributed by atoms with Crippen molar-refractivity contribution >= 4 is 23.5 Å². The fourth-order valence-corrected chi connectivity index (χ4v) is 4.32. The molecule has 1 aromatic heterocycles. The zero-order valence-corrected chi connectivity index (χ0v) is 17.8. The fraction of sp³-hybridized carbons (Fsp3) is 0.435. The van der Waals surface area contributed by atoms with Gasteiger partial charge in [-0.15, -0.1) is 0 Å². The maximum Gasteiger partial charge on any atom is 0.414 e. The first-order valence-electron chi connectivity index (χ1n) is 10.9. The van der Waals surface area contributed by atoms with Gasteiger partial charge in [0.15, 0.2) is 0 Å². The van der Waals surface area contributed by atoms with Crippen LogP contribution in [0.4, 0.5) is 25.1 Å². The largest absolute Gasteiger partial charge is 0.447 e. The van der Waals surface area contributed by atoms with Crippen molar-refractivity contribution in [1.29, 1.82) is 0 Å². The number of amides is 2. The van der Waals surface area contributed by atoms with E-state index < -0.39 is 29.2 Å². The number of hydrogen-bond acceptors (Lipinski definition) is 5. The highest BCUT2D eigenvalue weighted by atomic mass is 19.1. The highest BCUT2D eigenvalue weighted by Crippen LogP contribution is 2.40. The quantitative estimate of drug-likeness (QED) is 0.725. The number of carbonyl (C=O) groups excluding carboxylic acids is 2. The number of benzene rings is 1. The molecule has 1 aromatic carbocycles. The highest BCUT2D eigenvalue weighted by Gasteiger charge is 2.34. The molecule has 0 spiro atoms. The Hall–Kier alpha value is -3.23. The first-order chi connectivity index (χ1) is 15.4. The Kier molecular flexibility index (Phi) is 5.19. The van der Waals surface area contributed by atoms with Crippen LogP contribution in [-0.4, -0.2) is 60.7 Å². The van der Waals surface area contributed by atoms with Crippen molar-refractivity contribution in [1.82, 2.24) is 9.88 Å². The third-order valence-electron chi connectivity index (χ3n) is 6.31. The molecule has 168 valence electrons. The summed E-state index contributed by atoms with van der Waals surface area (Å²) < 4.78 is 34.5. The summed E-state index contributed by atoms with van der Waals surface area (Å²) >= 11 is 0. The van der Waals surface area contributed by atoms with Gasteiger partial charge in [0.25, 0.3) is 5.91 Å². The minimum atomic E-state index is -0.989. The first-order valence-corrected chi connectivity index (χ1v) is 10.9. The molecule has 0 N–H and O–H groups in total. The Morgan fingerprint density at radius 1 is 1.09 bits per heavy atom. The van der Waals surface area contributed by atoms with Crippen molar-refractivity contribution in [3.63, 3.8) is 0 Å². The number of carbonyl (C=O) groups is 2. The number of halogens is 2. The Balaban J connectivity index is 1.27. The van der Waals surface area contributed by atoms with Gasteiger partial charge in [-0.25, -0.2) is 18.6 Å². The second-order valence-corrected chi connectivity index (χ2v) is 8.58. The lowest BCUT2D eigenvalue weighted by Crippen LogP contribution is -2.49. The molecule has 2 amide bonds. The summed E-state index contributed by atoms with van der Waals surface area (Å²) in [6.45, 7) is 3.58. The van der Waals surface area contributed by atoms with E-state index in [2.05, 4.69) is 16.0 Å². The molecule has 5 rings (SSSR count). The van der Waals surface area contributed by atoms with E-state index in [-0.39, 0.29) is 18.3 Å². The summed E-state index contributed by atoms with van der Waals surface area (Å²) in [6.07, 6.45) is 3.69. The normalized spacial score (nSPS) is 21.2. The standard InChI is InChI=1S/C23H24F2N4O3/c1-14-13-32-23(31)29(14)17-10-18(24)21(19(25)11-17)22(30)28-8-6-27(7-9-28)20-5-4-16(12-26-20)15-2-3-15/h4-5,10-12,14-15H,2-3,6-9,13H2,1H3/t14-/m1/s1. The highest BCUT2D eigenvalue weighted by molar-refractivity contribution is 5.96. The summed E-state index contributed by atoms with van der Waals surface area (Å²) in [6, 6.07) is 5.78. The van der Waals surface area contributed by atoms with Crippen LogP contribution < -0.4 is 9.80 Å². The predicted molar refractivity (Wildman–Crippen MR) is 114 cm³/mol. The third kappa shape index (κ3) is 3.76. The van der Waals surface area contributed by atoms with E-state index in [0.29, 0.717) is 32.1 Å². The number of anilines is 2. The molecule has 3 fully saturated rings. The molecule has 3 aliphatic rings. The predicted octanol–water partition coefficient (Wildman–Crippen LogP) is 3.54. The zero-order valence-electron chi connectivity index (χ0n) is 17.8. The number of hydrogen-bond donors (Lipinski definition) is 0. The Bertz CT molecular complexity index is 1030. The minimum absolute atomic E-state index is 0.0390. The van der Waals surface area contributed by atoms with Gasteiger partial charge in [0.2, 0.25) is 0 Å². The molecule has 2 saturated heterocycles. The number of cyclic esters (lactones) is 1. The molecule has 3 heterocycles. The van der Waals surface area contributed by atoms with Gasteiger partial charge in [-0.2, -0.15) is 0 Å². The molecule has 2 aliphatic heterocycles. The maximum atomic E-state index is 14.8. The lowest BCUT2D eigenvalue weighted by molar-refractivity contribution is 0.0736. The second kappa shape index (κ2) is 8.03. The zero-order chi connectivity index (χ0) is 22.4.